The van der Waals surface area contributed by atoms with Gasteiger partial charge in [0, 0.05) is 11.6 Å². The minimum Gasteiger partial charge on any atom is -0.392 e. The van der Waals surface area contributed by atoms with Crippen LogP contribution in [0.5, 0.6) is 0 Å². The number of rotatable bonds is 2. The van der Waals surface area contributed by atoms with Crippen molar-refractivity contribution in [1.82, 2.24) is 4.98 Å². The van der Waals surface area contributed by atoms with Crippen molar-refractivity contribution in [3.63, 3.8) is 0 Å². The highest BCUT2D eigenvalue weighted by atomic mass is 16.3. The highest BCUT2D eigenvalue weighted by Gasteiger charge is 2.22. The smallest absolute Gasteiger partial charge is 0.0704 e. The Morgan fingerprint density at radius 1 is 1.18 bits per heavy atom. The van der Waals surface area contributed by atoms with Gasteiger partial charge in [0.2, 0.25) is 0 Å². The SMILES string of the molecule is CC(C)(C)C(O)Cc1ccnc2ccccc12. The van der Waals surface area contributed by atoms with Crippen LogP contribution in [0.4, 0.5) is 0 Å². The summed E-state index contributed by atoms with van der Waals surface area (Å²) in [7, 11) is 0. The Hall–Kier alpha value is -1.41. The lowest BCUT2D eigenvalue weighted by atomic mass is 9.85. The molecule has 1 aromatic heterocycles. The molecule has 1 atom stereocenters. The number of nitrogens with zero attached hydrogens (tertiary/aromatic N) is 1. The summed E-state index contributed by atoms with van der Waals surface area (Å²) in [6, 6.07) is 10.1. The number of aromatic nitrogens is 1. The molecule has 0 fully saturated rings. The lowest BCUT2D eigenvalue weighted by molar-refractivity contribution is 0.0639. The molecule has 0 saturated carbocycles. The second-order valence-corrected chi connectivity index (χ2v) is 5.57. The largest absolute Gasteiger partial charge is 0.392 e. The monoisotopic (exact) mass is 229 g/mol. The van der Waals surface area contributed by atoms with E-state index >= 15 is 0 Å². The third kappa shape index (κ3) is 2.64. The molecule has 0 aliphatic heterocycles. The first-order chi connectivity index (χ1) is 7.98. The van der Waals surface area contributed by atoms with Crippen LogP contribution in [-0.2, 0) is 6.42 Å². The summed E-state index contributed by atoms with van der Waals surface area (Å²) in [5.74, 6) is 0. The Bertz CT molecular complexity index is 508. The fraction of sp³-hybridized carbons (Fsp3) is 0.400. The first-order valence-electron chi connectivity index (χ1n) is 5.99. The molecule has 0 spiro atoms. The van der Waals surface area contributed by atoms with Crippen LogP contribution in [0.3, 0.4) is 0 Å². The van der Waals surface area contributed by atoms with Gasteiger partial charge in [-0.15, -0.1) is 0 Å². The molecule has 2 heteroatoms. The van der Waals surface area contributed by atoms with Gasteiger partial charge in [-0.2, -0.15) is 0 Å². The van der Waals surface area contributed by atoms with E-state index < -0.39 is 0 Å². The van der Waals surface area contributed by atoms with Crippen LogP contribution in [0, 0.1) is 5.41 Å². The maximum absolute atomic E-state index is 10.2. The molecule has 0 aliphatic carbocycles. The number of aliphatic hydroxyl groups is 1. The highest BCUT2D eigenvalue weighted by molar-refractivity contribution is 5.81. The lowest BCUT2D eigenvalue weighted by Gasteiger charge is -2.26. The molecule has 1 unspecified atom stereocenters. The second-order valence-electron chi connectivity index (χ2n) is 5.57. The summed E-state index contributed by atoms with van der Waals surface area (Å²) >= 11 is 0. The Labute approximate surface area is 102 Å². The van der Waals surface area contributed by atoms with E-state index in [4.69, 9.17) is 0 Å². The van der Waals surface area contributed by atoms with Crippen molar-refractivity contribution < 1.29 is 5.11 Å². The second kappa shape index (κ2) is 4.46. The molecule has 0 amide bonds. The van der Waals surface area contributed by atoms with Gasteiger partial charge in [-0.1, -0.05) is 39.0 Å². The van der Waals surface area contributed by atoms with Gasteiger partial charge < -0.3 is 5.11 Å². The zero-order valence-electron chi connectivity index (χ0n) is 10.6. The van der Waals surface area contributed by atoms with E-state index in [1.807, 2.05) is 30.5 Å². The fourth-order valence-electron chi connectivity index (χ4n) is 1.85. The normalized spacial score (nSPS) is 13.9. The number of aliphatic hydroxyl groups excluding tert-OH is 1. The average molecular weight is 229 g/mol. The van der Waals surface area contributed by atoms with Gasteiger partial charge in [0.25, 0.3) is 0 Å². The van der Waals surface area contributed by atoms with Gasteiger partial charge in [-0.05, 0) is 29.5 Å². The Morgan fingerprint density at radius 3 is 2.59 bits per heavy atom. The Morgan fingerprint density at radius 2 is 1.88 bits per heavy atom. The molecule has 1 aromatic carbocycles. The van der Waals surface area contributed by atoms with Gasteiger partial charge in [0.05, 0.1) is 11.6 Å². The predicted octanol–water partition coefficient (Wildman–Crippen LogP) is 3.18. The van der Waals surface area contributed by atoms with Gasteiger partial charge in [0.1, 0.15) is 0 Å². The third-order valence-corrected chi connectivity index (χ3v) is 3.15. The van der Waals surface area contributed by atoms with E-state index in [0.717, 1.165) is 16.5 Å². The van der Waals surface area contributed by atoms with Crippen LogP contribution in [0.15, 0.2) is 36.5 Å². The minimum absolute atomic E-state index is 0.0929. The van der Waals surface area contributed by atoms with E-state index in [-0.39, 0.29) is 11.5 Å². The number of para-hydroxylation sites is 1. The first-order valence-corrected chi connectivity index (χ1v) is 5.99. The van der Waals surface area contributed by atoms with E-state index in [1.54, 1.807) is 0 Å². The zero-order chi connectivity index (χ0) is 12.5. The molecular weight excluding hydrogens is 210 g/mol. The highest BCUT2D eigenvalue weighted by Crippen LogP contribution is 2.25. The van der Waals surface area contributed by atoms with Crippen LogP contribution in [0.2, 0.25) is 0 Å². The van der Waals surface area contributed by atoms with Crippen molar-refractivity contribution in [2.24, 2.45) is 5.41 Å². The molecule has 0 aliphatic rings. The maximum Gasteiger partial charge on any atom is 0.0704 e. The van der Waals surface area contributed by atoms with E-state index in [0.29, 0.717) is 6.42 Å². The molecule has 2 aromatic rings. The van der Waals surface area contributed by atoms with Crippen molar-refractivity contribution in [3.05, 3.63) is 42.1 Å². The summed E-state index contributed by atoms with van der Waals surface area (Å²) in [6.45, 7) is 6.17. The summed E-state index contributed by atoms with van der Waals surface area (Å²) in [5, 5.41) is 11.3. The Balaban J connectivity index is 2.36. The van der Waals surface area contributed by atoms with E-state index in [9.17, 15) is 5.11 Å². The number of fused-ring (bicyclic) bond motifs is 1. The first kappa shape index (κ1) is 12.1. The standard InChI is InChI=1S/C15H19NO/c1-15(2,3)14(17)10-11-8-9-16-13-7-5-4-6-12(11)13/h4-9,14,17H,10H2,1-3H3. The van der Waals surface area contributed by atoms with E-state index in [1.165, 1.54) is 0 Å². The van der Waals surface area contributed by atoms with Crippen LogP contribution < -0.4 is 0 Å². The fourth-order valence-corrected chi connectivity index (χ4v) is 1.85. The van der Waals surface area contributed by atoms with Crippen LogP contribution in [0.1, 0.15) is 26.3 Å². The molecule has 0 saturated heterocycles. The topological polar surface area (TPSA) is 33.1 Å². The van der Waals surface area contributed by atoms with Gasteiger partial charge in [-0.3, -0.25) is 4.98 Å². The van der Waals surface area contributed by atoms with Crippen LogP contribution in [-0.4, -0.2) is 16.2 Å². The molecule has 2 nitrogen and oxygen atoms in total. The summed E-state index contributed by atoms with van der Waals surface area (Å²) < 4.78 is 0. The number of benzene rings is 1. The number of pyridine rings is 1. The third-order valence-electron chi connectivity index (χ3n) is 3.15. The maximum atomic E-state index is 10.2. The molecule has 1 heterocycles. The molecule has 2 rings (SSSR count). The van der Waals surface area contributed by atoms with E-state index in [2.05, 4.69) is 31.8 Å². The summed E-state index contributed by atoms with van der Waals surface area (Å²) in [4.78, 5) is 4.33. The van der Waals surface area contributed by atoms with Crippen LogP contribution in [0.25, 0.3) is 10.9 Å². The lowest BCUT2D eigenvalue weighted by Crippen LogP contribution is -2.28. The molecule has 17 heavy (non-hydrogen) atoms. The Kier molecular flexibility index (Phi) is 3.16. The minimum atomic E-state index is -0.340. The average Bonchev–Trinajstić information content (AvgIpc) is 2.28. The number of hydrogen-bond donors (Lipinski definition) is 1. The van der Waals surface area contributed by atoms with Crippen molar-refractivity contribution >= 4 is 10.9 Å². The predicted molar refractivity (Wildman–Crippen MR) is 70.9 cm³/mol. The van der Waals surface area contributed by atoms with Crippen molar-refractivity contribution in [2.75, 3.05) is 0 Å². The zero-order valence-corrected chi connectivity index (χ0v) is 10.6. The van der Waals surface area contributed by atoms with Crippen LogP contribution >= 0.6 is 0 Å². The van der Waals surface area contributed by atoms with Gasteiger partial charge in [-0.25, -0.2) is 0 Å². The van der Waals surface area contributed by atoms with Gasteiger partial charge >= 0.3 is 0 Å². The summed E-state index contributed by atoms with van der Waals surface area (Å²) in [6.07, 6.45) is 2.15. The van der Waals surface area contributed by atoms with Gasteiger partial charge in [0.15, 0.2) is 0 Å². The quantitative estimate of drug-likeness (QED) is 0.858. The molecule has 0 bridgehead atoms. The van der Waals surface area contributed by atoms with Crippen molar-refractivity contribution in [2.45, 2.75) is 33.3 Å². The molecular formula is C15H19NO. The number of hydrogen-bond acceptors (Lipinski definition) is 2. The van der Waals surface area contributed by atoms with Crippen molar-refractivity contribution in [3.8, 4) is 0 Å². The molecule has 90 valence electrons. The molecule has 1 N–H and O–H groups in total. The molecule has 0 radical (unpaired) electrons. The summed E-state index contributed by atoms with van der Waals surface area (Å²) in [5.41, 5.74) is 2.06. The van der Waals surface area contributed by atoms with Crippen molar-refractivity contribution in [1.29, 1.82) is 0 Å².